The number of nitrogens with two attached hydrogens (primary N) is 1. The minimum atomic E-state index is -1.34. The van der Waals surface area contributed by atoms with Crippen molar-refractivity contribution in [1.82, 2.24) is 4.90 Å². The lowest BCUT2D eigenvalue weighted by Crippen LogP contribution is -2.35. The van der Waals surface area contributed by atoms with Crippen LogP contribution in [0.25, 0.3) is 0 Å². The Morgan fingerprint density at radius 2 is 1.84 bits per heavy atom. The molecule has 0 unspecified atom stereocenters. The molecule has 0 bridgehead atoms. The number of nitro benzene ring substituents is 1. The molecule has 2 rings (SSSR count). The maximum Gasteiger partial charge on any atom is 0.410 e. The summed E-state index contributed by atoms with van der Waals surface area (Å²) in [6, 6.07) is 11.3. The van der Waals surface area contributed by atoms with Crippen LogP contribution in [0.5, 0.6) is 5.75 Å². The summed E-state index contributed by atoms with van der Waals surface area (Å²) in [6.07, 6.45) is 0.440. The third-order valence-corrected chi connectivity index (χ3v) is 4.77. The predicted molar refractivity (Wildman–Crippen MR) is 117 cm³/mol. The molecule has 0 aliphatic carbocycles. The Kier molecular flexibility index (Phi) is 9.71. The second-order valence-electron chi connectivity index (χ2n) is 6.74. The molecule has 0 aromatic heterocycles. The number of nitrogens with zero attached hydrogens (tertiary/aromatic N) is 2. The summed E-state index contributed by atoms with van der Waals surface area (Å²) in [5.41, 5.74) is 5.53. The Balaban J connectivity index is 1.95. The van der Waals surface area contributed by atoms with Crippen molar-refractivity contribution in [2.24, 2.45) is 5.73 Å². The summed E-state index contributed by atoms with van der Waals surface area (Å²) in [4.78, 5) is 35.5. The molecule has 0 aliphatic heterocycles. The van der Waals surface area contributed by atoms with E-state index < -0.39 is 22.7 Å². The van der Waals surface area contributed by atoms with Gasteiger partial charge in [-0.05, 0) is 31.0 Å². The third-order valence-electron chi connectivity index (χ3n) is 4.39. The van der Waals surface area contributed by atoms with Gasteiger partial charge in [0.15, 0.2) is 5.02 Å². The second kappa shape index (κ2) is 12.5. The highest BCUT2D eigenvalue weighted by Gasteiger charge is 2.22. The maximum atomic E-state index is 12.4. The highest BCUT2D eigenvalue weighted by Crippen LogP contribution is 2.35. The van der Waals surface area contributed by atoms with Gasteiger partial charge >= 0.3 is 12.1 Å². The van der Waals surface area contributed by atoms with Crippen molar-refractivity contribution < 1.29 is 29.1 Å². The van der Waals surface area contributed by atoms with Gasteiger partial charge in [-0.25, -0.2) is 9.59 Å². The van der Waals surface area contributed by atoms with E-state index in [1.165, 1.54) is 4.90 Å². The summed E-state index contributed by atoms with van der Waals surface area (Å²) in [7, 11) is 0. The van der Waals surface area contributed by atoms with Crippen molar-refractivity contribution in [3.63, 3.8) is 0 Å². The van der Waals surface area contributed by atoms with Crippen LogP contribution < -0.4 is 10.5 Å². The molecule has 3 N–H and O–H groups in total. The van der Waals surface area contributed by atoms with E-state index in [4.69, 9.17) is 31.9 Å². The quantitative estimate of drug-likeness (QED) is 0.274. The van der Waals surface area contributed by atoms with E-state index in [2.05, 4.69) is 0 Å². The summed E-state index contributed by atoms with van der Waals surface area (Å²) in [5, 5.41) is 20.0. The molecule has 0 heterocycles. The fourth-order valence-corrected chi connectivity index (χ4v) is 3.00. The van der Waals surface area contributed by atoms with Crippen LogP contribution in [0.15, 0.2) is 42.5 Å². The average molecular weight is 466 g/mol. The van der Waals surface area contributed by atoms with E-state index in [-0.39, 0.29) is 36.1 Å². The lowest BCUT2D eigenvalue weighted by molar-refractivity contribution is -0.384. The van der Waals surface area contributed by atoms with Crippen LogP contribution in [0.2, 0.25) is 5.02 Å². The number of benzene rings is 2. The van der Waals surface area contributed by atoms with Gasteiger partial charge in [0.2, 0.25) is 0 Å². The van der Waals surface area contributed by atoms with Gasteiger partial charge in [0.25, 0.3) is 5.69 Å². The molecule has 0 radical (unpaired) electrons. The van der Waals surface area contributed by atoms with Crippen LogP contribution in [0.1, 0.15) is 28.8 Å². The SMILES string of the molecule is NCCCN(CCCOc1cc(C(=O)O)cc([N+](=O)[O-])c1Cl)C(=O)OCc1ccccc1. The molecule has 2 aromatic rings. The molecule has 10 nitrogen and oxygen atoms in total. The van der Waals surface area contributed by atoms with E-state index >= 15 is 0 Å². The maximum absolute atomic E-state index is 12.4. The number of halogens is 1. The molecule has 2 aromatic carbocycles. The Morgan fingerprint density at radius 1 is 1.16 bits per heavy atom. The predicted octanol–water partition coefficient (Wildman–Crippen LogP) is 3.70. The number of nitro groups is 1. The molecule has 0 saturated heterocycles. The van der Waals surface area contributed by atoms with Gasteiger partial charge < -0.3 is 25.2 Å². The number of hydrogen-bond donors (Lipinski definition) is 2. The Morgan fingerprint density at radius 3 is 2.47 bits per heavy atom. The number of ether oxygens (including phenoxy) is 2. The van der Waals surface area contributed by atoms with Crippen molar-refractivity contribution >= 4 is 29.4 Å². The van der Waals surface area contributed by atoms with Crippen LogP contribution in [0.3, 0.4) is 0 Å². The normalized spacial score (nSPS) is 10.4. The van der Waals surface area contributed by atoms with E-state index in [0.717, 1.165) is 17.7 Å². The Labute approximate surface area is 189 Å². The van der Waals surface area contributed by atoms with Crippen molar-refractivity contribution in [3.8, 4) is 5.75 Å². The molecular weight excluding hydrogens is 442 g/mol. The highest BCUT2D eigenvalue weighted by molar-refractivity contribution is 6.34. The molecule has 0 fully saturated rings. The van der Waals surface area contributed by atoms with Gasteiger partial charge in [-0.3, -0.25) is 10.1 Å². The zero-order chi connectivity index (χ0) is 23.5. The number of hydrogen-bond acceptors (Lipinski definition) is 7. The first kappa shape index (κ1) is 24.9. The van der Waals surface area contributed by atoms with Gasteiger partial charge in [-0.1, -0.05) is 41.9 Å². The van der Waals surface area contributed by atoms with Crippen molar-refractivity contribution in [2.75, 3.05) is 26.2 Å². The first-order chi connectivity index (χ1) is 15.3. The Bertz CT molecular complexity index is 940. The van der Waals surface area contributed by atoms with Crippen LogP contribution in [-0.4, -0.2) is 53.2 Å². The topological polar surface area (TPSA) is 145 Å². The molecule has 32 heavy (non-hydrogen) atoms. The third kappa shape index (κ3) is 7.40. The van der Waals surface area contributed by atoms with Gasteiger partial charge in [0, 0.05) is 19.2 Å². The highest BCUT2D eigenvalue weighted by atomic mass is 35.5. The number of carboxylic acids is 1. The van der Waals surface area contributed by atoms with Gasteiger partial charge in [-0.15, -0.1) is 0 Å². The van der Waals surface area contributed by atoms with E-state index in [9.17, 15) is 19.7 Å². The summed E-state index contributed by atoms with van der Waals surface area (Å²) in [6.45, 7) is 1.26. The second-order valence-corrected chi connectivity index (χ2v) is 7.12. The van der Waals surface area contributed by atoms with Gasteiger partial charge in [0.05, 0.1) is 17.1 Å². The molecule has 0 aliphatic rings. The average Bonchev–Trinajstić information content (AvgIpc) is 2.78. The van der Waals surface area contributed by atoms with E-state index in [1.807, 2.05) is 30.3 Å². The molecule has 1 amide bonds. The van der Waals surface area contributed by atoms with Crippen LogP contribution >= 0.6 is 11.6 Å². The van der Waals surface area contributed by atoms with Crippen LogP contribution in [0, 0.1) is 10.1 Å². The van der Waals surface area contributed by atoms with E-state index in [1.54, 1.807) is 0 Å². The molecule has 0 saturated carbocycles. The number of carbonyl (C=O) groups excluding carboxylic acids is 1. The monoisotopic (exact) mass is 465 g/mol. The zero-order valence-corrected chi connectivity index (χ0v) is 18.0. The molecule has 172 valence electrons. The fraction of sp³-hybridized carbons (Fsp3) is 0.333. The number of aromatic carboxylic acids is 1. The lowest BCUT2D eigenvalue weighted by Gasteiger charge is -2.22. The molecule has 0 atom stereocenters. The fourth-order valence-electron chi connectivity index (χ4n) is 2.77. The first-order valence-electron chi connectivity index (χ1n) is 9.83. The largest absolute Gasteiger partial charge is 0.492 e. The minimum absolute atomic E-state index is 0.0467. The van der Waals surface area contributed by atoms with E-state index in [0.29, 0.717) is 25.9 Å². The summed E-state index contributed by atoms with van der Waals surface area (Å²) in [5.74, 6) is -1.46. The van der Waals surface area contributed by atoms with Crippen molar-refractivity contribution in [1.29, 1.82) is 0 Å². The molecular formula is C21H24ClN3O7. The molecule has 11 heteroatoms. The standard InChI is InChI=1S/C21H24ClN3O7/c22-19-17(25(29)30)12-16(20(26)27)13-18(19)31-11-5-10-24(9-4-8-23)21(28)32-14-15-6-2-1-3-7-15/h1-3,6-7,12-13H,4-5,8-11,14,23H2,(H,26,27). The molecule has 0 spiro atoms. The van der Waals surface area contributed by atoms with Gasteiger partial charge in [-0.2, -0.15) is 0 Å². The van der Waals surface area contributed by atoms with Crippen LogP contribution in [0.4, 0.5) is 10.5 Å². The van der Waals surface area contributed by atoms with Gasteiger partial charge in [0.1, 0.15) is 12.4 Å². The lowest BCUT2D eigenvalue weighted by atomic mass is 10.2. The van der Waals surface area contributed by atoms with Crippen LogP contribution in [-0.2, 0) is 11.3 Å². The number of carboxylic acid groups (broad SMARTS) is 1. The summed E-state index contributed by atoms with van der Waals surface area (Å²) >= 11 is 5.98. The van der Waals surface area contributed by atoms with Crippen molar-refractivity contribution in [2.45, 2.75) is 19.4 Å². The van der Waals surface area contributed by atoms with Crippen molar-refractivity contribution in [3.05, 3.63) is 68.7 Å². The number of carbonyl (C=O) groups is 2. The smallest absolute Gasteiger partial charge is 0.410 e. The summed E-state index contributed by atoms with van der Waals surface area (Å²) < 4.78 is 10.8. The number of rotatable bonds is 12. The first-order valence-corrected chi connectivity index (χ1v) is 10.2. The minimum Gasteiger partial charge on any atom is -0.492 e. The number of amides is 1. The zero-order valence-electron chi connectivity index (χ0n) is 17.2. The Hall–Kier alpha value is -3.37.